The van der Waals surface area contributed by atoms with Crippen LogP contribution in [0.2, 0.25) is 0 Å². The van der Waals surface area contributed by atoms with Gasteiger partial charge >= 0.3 is 0 Å². The number of fused-ring (bicyclic) bond motifs is 2. The number of hydrogen-bond donors (Lipinski definition) is 2. The minimum atomic E-state index is -2.72. The summed E-state index contributed by atoms with van der Waals surface area (Å²) in [7, 11) is 1.79. The average Bonchev–Trinajstić information content (AvgIpc) is 3.58. The van der Waals surface area contributed by atoms with Gasteiger partial charge < -0.3 is 15.0 Å². The van der Waals surface area contributed by atoms with Gasteiger partial charge in [-0.3, -0.25) is 10.2 Å². The first kappa shape index (κ1) is 21.6. The van der Waals surface area contributed by atoms with Gasteiger partial charge in [0.1, 0.15) is 0 Å². The second-order valence-electron chi connectivity index (χ2n) is 7.87. The molecular weight excluding hydrogens is 442 g/mol. The van der Waals surface area contributed by atoms with E-state index >= 15 is 0 Å². The number of carbonyl (C=O) groups excluding carboxylic acids is 1. The fourth-order valence-electron chi connectivity index (χ4n) is 4.27. The van der Waals surface area contributed by atoms with E-state index in [4.69, 9.17) is 4.74 Å². The number of nitrogens with zero attached hydrogens (tertiary/aromatic N) is 4. The van der Waals surface area contributed by atoms with Gasteiger partial charge in [-0.05, 0) is 35.9 Å². The second kappa shape index (κ2) is 8.62. The fourth-order valence-corrected chi connectivity index (χ4v) is 4.27. The largest absolute Gasteiger partial charge is 0.445 e. The van der Waals surface area contributed by atoms with Crippen LogP contribution < -0.4 is 10.7 Å². The summed E-state index contributed by atoms with van der Waals surface area (Å²) < 4.78 is 32.8. The van der Waals surface area contributed by atoms with E-state index in [-0.39, 0.29) is 11.8 Å². The van der Waals surface area contributed by atoms with E-state index in [1.807, 2.05) is 35.0 Å². The predicted molar refractivity (Wildman–Crippen MR) is 123 cm³/mol. The van der Waals surface area contributed by atoms with Crippen LogP contribution in [0.1, 0.15) is 27.2 Å². The minimum absolute atomic E-state index is 0.0285. The van der Waals surface area contributed by atoms with Gasteiger partial charge in [0.15, 0.2) is 0 Å². The number of amides is 1. The Balaban J connectivity index is 1.46. The van der Waals surface area contributed by atoms with Crippen molar-refractivity contribution in [2.45, 2.75) is 25.2 Å². The van der Waals surface area contributed by atoms with Gasteiger partial charge in [0.2, 0.25) is 12.1 Å². The van der Waals surface area contributed by atoms with Gasteiger partial charge in [-0.1, -0.05) is 18.2 Å². The molecule has 2 atom stereocenters. The maximum absolute atomic E-state index is 13.5. The quantitative estimate of drug-likeness (QED) is 0.526. The summed E-state index contributed by atoms with van der Waals surface area (Å²) in [6.45, 7) is 4.36. The Morgan fingerprint density at radius 3 is 2.91 bits per heavy atom. The molecule has 34 heavy (non-hydrogen) atoms. The Hall–Kier alpha value is -4.21. The van der Waals surface area contributed by atoms with Crippen molar-refractivity contribution in [1.82, 2.24) is 25.3 Å². The number of pyridine rings is 1. The number of hydrogen-bond acceptors (Lipinski definition) is 6. The molecule has 2 aromatic heterocycles. The summed E-state index contributed by atoms with van der Waals surface area (Å²) in [6, 6.07) is 12.4. The van der Waals surface area contributed by atoms with Crippen LogP contribution in [-0.2, 0) is 11.3 Å². The van der Waals surface area contributed by atoms with E-state index in [1.54, 1.807) is 42.4 Å². The first-order valence-corrected chi connectivity index (χ1v) is 10.7. The van der Waals surface area contributed by atoms with Crippen LogP contribution in [0.3, 0.4) is 0 Å². The first-order chi connectivity index (χ1) is 16.5. The number of hydrazone groups is 1. The molecule has 1 aromatic carbocycles. The molecule has 0 spiro atoms. The predicted octanol–water partition coefficient (Wildman–Crippen LogP) is 2.98. The minimum Gasteiger partial charge on any atom is -0.445 e. The van der Waals surface area contributed by atoms with Crippen LogP contribution in [0.15, 0.2) is 72.6 Å². The maximum Gasteiger partial charge on any atom is 0.294 e. The van der Waals surface area contributed by atoms with Crippen LogP contribution >= 0.6 is 0 Å². The second-order valence-corrected chi connectivity index (χ2v) is 7.87. The smallest absolute Gasteiger partial charge is 0.294 e. The molecule has 0 aliphatic carbocycles. The zero-order valence-corrected chi connectivity index (χ0v) is 18.3. The van der Waals surface area contributed by atoms with Crippen LogP contribution in [0, 0.1) is 0 Å². The molecule has 4 heterocycles. The zero-order chi connectivity index (χ0) is 23.8. The summed E-state index contributed by atoms with van der Waals surface area (Å²) in [6.07, 6.45) is 1.05. The average molecular weight is 464 g/mol. The van der Waals surface area contributed by atoms with Crippen LogP contribution in [-0.4, -0.2) is 52.1 Å². The van der Waals surface area contributed by atoms with Crippen molar-refractivity contribution in [2.75, 3.05) is 7.05 Å². The number of nitrogens with one attached hydrogen (secondary N) is 2. The molecule has 1 amide bonds. The highest BCUT2D eigenvalue weighted by Crippen LogP contribution is 2.32. The number of alkyl halides is 2. The lowest BCUT2D eigenvalue weighted by atomic mass is 10.0. The van der Waals surface area contributed by atoms with E-state index in [9.17, 15) is 13.6 Å². The van der Waals surface area contributed by atoms with Crippen molar-refractivity contribution < 1.29 is 18.3 Å². The Labute approximate surface area is 194 Å². The lowest BCUT2D eigenvalue weighted by Crippen LogP contribution is -2.36. The summed E-state index contributed by atoms with van der Waals surface area (Å²) in [5.74, 6) is -0.172. The molecule has 3 aromatic rings. The molecule has 2 aliphatic rings. The molecule has 5 rings (SSSR count). The van der Waals surface area contributed by atoms with E-state index in [0.717, 1.165) is 22.3 Å². The lowest BCUT2D eigenvalue weighted by Gasteiger charge is -2.28. The third kappa shape index (κ3) is 3.57. The molecule has 2 N–H and O–H groups in total. The highest BCUT2D eigenvalue weighted by molar-refractivity contribution is 6.03. The highest BCUT2D eigenvalue weighted by atomic mass is 19.3. The molecule has 2 aliphatic heterocycles. The SMILES string of the molecule is C=CC(/C(=C\NC)c1cccc2ccnn12)N1Cc2ccc(C3=NNC(C(F)F)O3)cc2C1=O. The molecule has 10 heteroatoms. The summed E-state index contributed by atoms with van der Waals surface area (Å²) >= 11 is 0. The Kier molecular flexibility index (Phi) is 5.48. The third-order valence-electron chi connectivity index (χ3n) is 5.84. The molecule has 0 saturated heterocycles. The molecule has 0 radical (unpaired) electrons. The summed E-state index contributed by atoms with van der Waals surface area (Å²) in [4.78, 5) is 15.2. The molecule has 174 valence electrons. The van der Waals surface area contributed by atoms with Crippen molar-refractivity contribution in [2.24, 2.45) is 5.10 Å². The standard InChI is InChI=1S/C24H22F2N6O2/c1-3-19(18(12-27-2)20-6-4-5-16-9-10-28-32(16)20)31-13-15-8-7-14(11-17(15)24(31)33)22-29-30-23(34-22)21(25)26/h3-12,19,21,23,27,30H,1,13H2,2H3/b18-12+. The normalized spacial score (nSPS) is 18.5. The van der Waals surface area contributed by atoms with Gasteiger partial charge in [0.25, 0.3) is 12.3 Å². The van der Waals surface area contributed by atoms with Crippen molar-refractivity contribution in [1.29, 1.82) is 0 Å². The monoisotopic (exact) mass is 464 g/mol. The van der Waals surface area contributed by atoms with Crippen LogP contribution in [0.25, 0.3) is 11.1 Å². The number of aromatic nitrogens is 2. The van der Waals surface area contributed by atoms with Crippen LogP contribution in [0.4, 0.5) is 8.78 Å². The third-order valence-corrected chi connectivity index (χ3v) is 5.84. The summed E-state index contributed by atoms with van der Waals surface area (Å²) in [5, 5.41) is 11.3. The van der Waals surface area contributed by atoms with E-state index in [0.29, 0.717) is 17.7 Å². The van der Waals surface area contributed by atoms with Crippen LogP contribution in [0.5, 0.6) is 0 Å². The van der Waals surface area contributed by atoms with Gasteiger partial charge in [0, 0.05) is 36.5 Å². The van der Waals surface area contributed by atoms with Gasteiger partial charge in [0.05, 0.1) is 23.4 Å². The van der Waals surface area contributed by atoms with E-state index < -0.39 is 18.7 Å². The Morgan fingerprint density at radius 1 is 1.32 bits per heavy atom. The van der Waals surface area contributed by atoms with Gasteiger partial charge in [-0.15, -0.1) is 11.7 Å². The Morgan fingerprint density at radius 2 is 2.18 bits per heavy atom. The first-order valence-electron chi connectivity index (χ1n) is 10.7. The van der Waals surface area contributed by atoms with Crippen molar-refractivity contribution in [3.05, 3.63) is 89.9 Å². The Bertz CT molecular complexity index is 1330. The molecule has 2 unspecified atom stereocenters. The number of rotatable bonds is 7. The summed E-state index contributed by atoms with van der Waals surface area (Å²) in [5.41, 5.74) is 6.57. The molecule has 0 saturated carbocycles. The van der Waals surface area contributed by atoms with Crippen molar-refractivity contribution in [3.8, 4) is 0 Å². The fraction of sp³-hybridized carbons (Fsp3) is 0.208. The molecule has 0 fully saturated rings. The number of benzene rings is 1. The molecule has 0 bridgehead atoms. The van der Waals surface area contributed by atoms with Gasteiger partial charge in [-0.2, -0.15) is 5.10 Å². The topological polar surface area (TPSA) is 83.3 Å². The van der Waals surface area contributed by atoms with E-state index in [1.165, 1.54) is 0 Å². The number of ether oxygens (including phenoxy) is 1. The molecule has 8 nitrogen and oxygen atoms in total. The zero-order valence-electron chi connectivity index (χ0n) is 18.3. The van der Waals surface area contributed by atoms with Gasteiger partial charge in [-0.25, -0.2) is 13.3 Å². The number of halogens is 2. The number of carbonyl (C=O) groups is 1. The highest BCUT2D eigenvalue weighted by Gasteiger charge is 2.35. The van der Waals surface area contributed by atoms with Crippen molar-refractivity contribution in [3.63, 3.8) is 0 Å². The van der Waals surface area contributed by atoms with E-state index in [2.05, 4.69) is 27.5 Å². The lowest BCUT2D eigenvalue weighted by molar-refractivity contribution is 0.000587. The van der Waals surface area contributed by atoms with Crippen molar-refractivity contribution >= 4 is 22.9 Å². The molecular formula is C24H22F2N6O2. The maximum atomic E-state index is 13.5.